The maximum absolute atomic E-state index is 13.4. The monoisotopic (exact) mass is 428 g/mol. The van der Waals surface area contributed by atoms with Crippen LogP contribution < -0.4 is 10.1 Å². The van der Waals surface area contributed by atoms with Gasteiger partial charge in [-0.2, -0.15) is 0 Å². The number of amides is 1. The first-order valence-electron chi connectivity index (χ1n) is 9.90. The molecule has 0 aliphatic carbocycles. The van der Waals surface area contributed by atoms with Crippen LogP contribution in [0.3, 0.4) is 0 Å². The van der Waals surface area contributed by atoms with Gasteiger partial charge < -0.3 is 19.5 Å². The number of carbonyl (C=O) groups excluding carboxylic acids is 2. The molecule has 0 radical (unpaired) electrons. The summed E-state index contributed by atoms with van der Waals surface area (Å²) in [4.78, 5) is 36.1. The van der Waals surface area contributed by atoms with E-state index in [4.69, 9.17) is 14.2 Å². The molecule has 164 valence electrons. The Morgan fingerprint density at radius 1 is 1.16 bits per heavy atom. The fraction of sp³-hybridized carbons (Fsp3) is 0.364. The molecule has 0 aromatic heterocycles. The van der Waals surface area contributed by atoms with E-state index in [1.54, 1.807) is 31.2 Å². The number of ether oxygens (including phenoxy) is 3. The summed E-state index contributed by atoms with van der Waals surface area (Å²) in [7, 11) is 1.27. The molecule has 9 nitrogen and oxygen atoms in total. The summed E-state index contributed by atoms with van der Waals surface area (Å²) in [6.07, 6.45) is 0.856. The maximum atomic E-state index is 13.4. The Labute approximate surface area is 179 Å². The van der Waals surface area contributed by atoms with Gasteiger partial charge in [-0.25, -0.2) is 4.79 Å². The first kappa shape index (κ1) is 22.2. The fourth-order valence-corrected chi connectivity index (χ4v) is 3.68. The van der Waals surface area contributed by atoms with Crippen LogP contribution in [0.1, 0.15) is 35.7 Å². The van der Waals surface area contributed by atoms with Gasteiger partial charge in [0.1, 0.15) is 11.3 Å². The SMILES string of the molecule is CCOc1ccc(NC(=O)C2(c3ccc([N+](=O)[O-])cc3)CCOCC2)cc1C(=O)OC. The lowest BCUT2D eigenvalue weighted by Crippen LogP contribution is -2.44. The zero-order valence-corrected chi connectivity index (χ0v) is 17.4. The topological polar surface area (TPSA) is 117 Å². The quantitative estimate of drug-likeness (QED) is 0.408. The predicted octanol–water partition coefficient (Wildman–Crippen LogP) is 3.47. The van der Waals surface area contributed by atoms with Gasteiger partial charge in [-0.1, -0.05) is 12.1 Å². The molecule has 1 fully saturated rings. The average Bonchev–Trinajstić information content (AvgIpc) is 2.80. The van der Waals surface area contributed by atoms with Crippen LogP contribution in [0.25, 0.3) is 0 Å². The molecule has 0 bridgehead atoms. The second kappa shape index (κ2) is 9.57. The number of rotatable bonds is 7. The van der Waals surface area contributed by atoms with Crippen molar-refractivity contribution in [3.63, 3.8) is 0 Å². The summed E-state index contributed by atoms with van der Waals surface area (Å²) in [6.45, 7) is 2.96. The minimum Gasteiger partial charge on any atom is -0.493 e. The van der Waals surface area contributed by atoms with Crippen LogP contribution >= 0.6 is 0 Å². The zero-order valence-electron chi connectivity index (χ0n) is 17.4. The Kier molecular flexibility index (Phi) is 6.86. The molecule has 1 aliphatic heterocycles. The highest BCUT2D eigenvalue weighted by atomic mass is 16.6. The molecule has 9 heteroatoms. The molecule has 31 heavy (non-hydrogen) atoms. The van der Waals surface area contributed by atoms with Crippen molar-refractivity contribution in [3.8, 4) is 5.75 Å². The summed E-state index contributed by atoms with van der Waals surface area (Å²) in [6, 6.07) is 10.8. The number of hydrogen-bond donors (Lipinski definition) is 1. The van der Waals surface area contributed by atoms with Crippen LogP contribution in [0.4, 0.5) is 11.4 Å². The first-order chi connectivity index (χ1) is 14.9. The summed E-state index contributed by atoms with van der Waals surface area (Å²) >= 11 is 0. The van der Waals surface area contributed by atoms with E-state index in [9.17, 15) is 19.7 Å². The second-order valence-corrected chi connectivity index (χ2v) is 7.09. The summed E-state index contributed by atoms with van der Waals surface area (Å²) in [5, 5.41) is 13.9. The zero-order chi connectivity index (χ0) is 22.4. The minimum atomic E-state index is -0.905. The molecule has 1 saturated heterocycles. The Bertz CT molecular complexity index is 966. The van der Waals surface area contributed by atoms with Crippen molar-refractivity contribution in [2.45, 2.75) is 25.2 Å². The number of carbonyl (C=O) groups is 2. The van der Waals surface area contributed by atoms with Crippen molar-refractivity contribution >= 4 is 23.3 Å². The number of nitro groups is 1. The van der Waals surface area contributed by atoms with Crippen LogP contribution in [0.5, 0.6) is 5.75 Å². The molecule has 3 rings (SSSR count). The standard InChI is InChI=1S/C22H24N2O7/c1-3-31-19-9-6-16(14-18(19)20(25)29-2)23-21(26)22(10-12-30-13-11-22)15-4-7-17(8-5-15)24(27)28/h4-9,14H,3,10-13H2,1-2H3,(H,23,26). The lowest BCUT2D eigenvalue weighted by molar-refractivity contribution is -0.384. The van der Waals surface area contributed by atoms with E-state index in [1.165, 1.54) is 25.3 Å². The molecule has 0 atom stereocenters. The normalized spacial score (nSPS) is 15.0. The van der Waals surface area contributed by atoms with Crippen LogP contribution in [-0.4, -0.2) is 43.7 Å². The van der Waals surface area contributed by atoms with Gasteiger partial charge in [-0.15, -0.1) is 0 Å². The van der Waals surface area contributed by atoms with Crippen LogP contribution in [-0.2, 0) is 19.7 Å². The van der Waals surface area contributed by atoms with Crippen molar-refractivity contribution in [2.24, 2.45) is 0 Å². The summed E-state index contributed by atoms with van der Waals surface area (Å²) < 4.78 is 15.7. The number of anilines is 1. The maximum Gasteiger partial charge on any atom is 0.341 e. The van der Waals surface area contributed by atoms with E-state index in [1.807, 2.05) is 0 Å². The predicted molar refractivity (Wildman–Crippen MR) is 112 cm³/mol. The van der Waals surface area contributed by atoms with Crippen LogP contribution in [0.15, 0.2) is 42.5 Å². The highest BCUT2D eigenvalue weighted by molar-refractivity contribution is 6.01. The smallest absolute Gasteiger partial charge is 0.341 e. The molecule has 1 N–H and O–H groups in total. The lowest BCUT2D eigenvalue weighted by atomic mass is 9.73. The molecule has 0 unspecified atom stereocenters. The van der Waals surface area contributed by atoms with Crippen molar-refractivity contribution in [3.05, 3.63) is 63.7 Å². The summed E-state index contributed by atoms with van der Waals surface area (Å²) in [5.41, 5.74) is 0.357. The van der Waals surface area contributed by atoms with Gasteiger partial charge in [-0.05, 0) is 43.5 Å². The molecule has 2 aromatic rings. The Hall–Kier alpha value is -3.46. The van der Waals surface area contributed by atoms with E-state index in [-0.39, 0.29) is 17.2 Å². The number of non-ortho nitro benzene ring substituents is 1. The third-order valence-electron chi connectivity index (χ3n) is 5.35. The molecular weight excluding hydrogens is 404 g/mol. The number of hydrogen-bond acceptors (Lipinski definition) is 7. The van der Waals surface area contributed by atoms with E-state index >= 15 is 0 Å². The van der Waals surface area contributed by atoms with Gasteiger partial charge in [0, 0.05) is 31.0 Å². The molecule has 0 saturated carbocycles. The number of esters is 1. The summed E-state index contributed by atoms with van der Waals surface area (Å²) in [5.74, 6) is -0.483. The third kappa shape index (κ3) is 4.66. The van der Waals surface area contributed by atoms with Crippen molar-refractivity contribution in [1.29, 1.82) is 0 Å². The van der Waals surface area contributed by atoms with Gasteiger partial charge in [0.25, 0.3) is 5.69 Å². The molecule has 2 aromatic carbocycles. The number of nitrogens with zero attached hydrogens (tertiary/aromatic N) is 1. The minimum absolute atomic E-state index is 0.0411. The second-order valence-electron chi connectivity index (χ2n) is 7.09. The Balaban J connectivity index is 1.92. The van der Waals surface area contributed by atoms with E-state index in [0.29, 0.717) is 49.7 Å². The number of nitro benzene ring substituents is 1. The van der Waals surface area contributed by atoms with Crippen LogP contribution in [0.2, 0.25) is 0 Å². The highest BCUT2D eigenvalue weighted by Gasteiger charge is 2.42. The lowest BCUT2D eigenvalue weighted by Gasteiger charge is -2.36. The van der Waals surface area contributed by atoms with Gasteiger partial charge in [-0.3, -0.25) is 14.9 Å². The largest absolute Gasteiger partial charge is 0.493 e. The van der Waals surface area contributed by atoms with Gasteiger partial charge in [0.2, 0.25) is 5.91 Å². The van der Waals surface area contributed by atoms with Gasteiger partial charge in [0.15, 0.2) is 0 Å². The van der Waals surface area contributed by atoms with E-state index < -0.39 is 16.3 Å². The number of benzene rings is 2. The van der Waals surface area contributed by atoms with Crippen molar-refractivity contribution in [1.82, 2.24) is 0 Å². The average molecular weight is 428 g/mol. The van der Waals surface area contributed by atoms with Crippen molar-refractivity contribution < 1.29 is 28.7 Å². The third-order valence-corrected chi connectivity index (χ3v) is 5.35. The first-order valence-corrected chi connectivity index (χ1v) is 9.90. The number of methoxy groups -OCH3 is 1. The van der Waals surface area contributed by atoms with Crippen molar-refractivity contribution in [2.75, 3.05) is 32.2 Å². The highest BCUT2D eigenvalue weighted by Crippen LogP contribution is 2.37. The molecule has 0 spiro atoms. The molecule has 1 aliphatic rings. The van der Waals surface area contributed by atoms with E-state index in [2.05, 4.69) is 5.32 Å². The number of nitrogens with one attached hydrogen (secondary N) is 1. The molecular formula is C22H24N2O7. The van der Waals surface area contributed by atoms with Gasteiger partial charge in [0.05, 0.1) is 24.1 Å². The van der Waals surface area contributed by atoms with Crippen LogP contribution in [0, 0.1) is 10.1 Å². The molecule has 1 heterocycles. The Morgan fingerprint density at radius 3 is 2.42 bits per heavy atom. The molecule has 1 amide bonds. The Morgan fingerprint density at radius 2 is 1.84 bits per heavy atom. The fourth-order valence-electron chi connectivity index (χ4n) is 3.68. The van der Waals surface area contributed by atoms with Gasteiger partial charge >= 0.3 is 5.97 Å². The van der Waals surface area contributed by atoms with E-state index in [0.717, 1.165) is 0 Å².